The van der Waals surface area contributed by atoms with E-state index in [1.54, 1.807) is 6.92 Å². The molecule has 2 atom stereocenters. The molecule has 134 valence electrons. The molecule has 0 fully saturated rings. The van der Waals surface area contributed by atoms with Gasteiger partial charge in [-0.3, -0.25) is 4.79 Å². The molecule has 0 saturated heterocycles. The van der Waals surface area contributed by atoms with Crippen LogP contribution in [0.1, 0.15) is 26.7 Å². The van der Waals surface area contributed by atoms with Crippen molar-refractivity contribution in [2.45, 2.75) is 32.8 Å². The second-order valence-corrected chi connectivity index (χ2v) is 5.68. The lowest BCUT2D eigenvalue weighted by atomic mass is 10.2. The summed E-state index contributed by atoms with van der Waals surface area (Å²) >= 11 is 0. The van der Waals surface area contributed by atoms with Gasteiger partial charge >= 0.3 is 14.1 Å². The summed E-state index contributed by atoms with van der Waals surface area (Å²) in [6.07, 6.45) is 0.969. The summed E-state index contributed by atoms with van der Waals surface area (Å²) in [4.78, 5) is 11.4. The fourth-order valence-corrected chi connectivity index (χ4v) is 2.29. The van der Waals surface area contributed by atoms with Gasteiger partial charge in [0.05, 0.1) is 6.10 Å². The van der Waals surface area contributed by atoms with Crippen LogP contribution in [0.2, 0.25) is 0 Å². The van der Waals surface area contributed by atoms with E-state index >= 15 is 0 Å². The van der Waals surface area contributed by atoms with Crippen molar-refractivity contribution in [3.8, 4) is 5.75 Å². The Balaban J connectivity index is 2.68. The Bertz CT molecular complexity index is 614. The van der Waals surface area contributed by atoms with Gasteiger partial charge in [-0.15, -0.1) is 0 Å². The average molecular weight is 374 g/mol. The lowest BCUT2D eigenvalue weighted by Crippen LogP contribution is -2.24. The monoisotopic (exact) mass is 374 g/mol. The maximum Gasteiger partial charge on any atom is 0.664 e. The third-order valence-corrected chi connectivity index (χ3v) is 3.49. The molecule has 0 aromatic heterocycles. The SMILES string of the molecule is CCCC(C)OC(=O)CN[P+](=O)Oc1c(F)c(F)c(F)c(F)c1F. The van der Waals surface area contributed by atoms with Gasteiger partial charge in [0.1, 0.15) is 6.54 Å². The fraction of sp³-hybridized carbons (Fsp3) is 0.462. The molecule has 0 radical (unpaired) electrons. The van der Waals surface area contributed by atoms with Crippen molar-refractivity contribution >= 4 is 14.1 Å². The Hall–Kier alpha value is -1.80. The maximum atomic E-state index is 13.3. The van der Waals surface area contributed by atoms with Gasteiger partial charge in [-0.2, -0.15) is 8.78 Å². The number of ether oxygens (including phenoxy) is 1. The van der Waals surface area contributed by atoms with E-state index in [4.69, 9.17) is 4.74 Å². The molecular formula is C13H14F5NO4P+. The van der Waals surface area contributed by atoms with Gasteiger partial charge in [-0.1, -0.05) is 18.4 Å². The predicted molar refractivity (Wildman–Crippen MR) is 72.9 cm³/mol. The number of esters is 1. The third-order valence-electron chi connectivity index (χ3n) is 2.72. The summed E-state index contributed by atoms with van der Waals surface area (Å²) in [5, 5.41) is 1.93. The van der Waals surface area contributed by atoms with Crippen LogP contribution in [0.25, 0.3) is 0 Å². The highest BCUT2D eigenvalue weighted by Gasteiger charge is 2.33. The minimum absolute atomic E-state index is 0.390. The molecule has 11 heteroatoms. The molecule has 0 heterocycles. The quantitative estimate of drug-likeness (QED) is 0.247. The minimum Gasteiger partial charge on any atom is -0.462 e. The first-order chi connectivity index (χ1) is 11.2. The van der Waals surface area contributed by atoms with Crippen molar-refractivity contribution in [3.05, 3.63) is 29.1 Å². The van der Waals surface area contributed by atoms with Crippen LogP contribution in [0.5, 0.6) is 5.75 Å². The fourth-order valence-electron chi connectivity index (χ4n) is 1.64. The highest BCUT2D eigenvalue weighted by molar-refractivity contribution is 7.37. The number of nitrogens with one attached hydrogen (secondary N) is 1. The Morgan fingerprint density at radius 2 is 1.58 bits per heavy atom. The van der Waals surface area contributed by atoms with Crippen LogP contribution < -0.4 is 9.61 Å². The van der Waals surface area contributed by atoms with E-state index in [9.17, 15) is 31.3 Å². The van der Waals surface area contributed by atoms with Gasteiger partial charge in [0, 0.05) is 4.57 Å². The molecule has 0 spiro atoms. The second kappa shape index (κ2) is 8.89. The third kappa shape index (κ3) is 5.10. The lowest BCUT2D eigenvalue weighted by molar-refractivity contribution is -0.147. The highest BCUT2D eigenvalue weighted by Crippen LogP contribution is 2.33. The van der Waals surface area contributed by atoms with Crippen LogP contribution in [0.3, 0.4) is 0 Å². The Kier molecular flexibility index (Phi) is 7.50. The first-order valence-electron chi connectivity index (χ1n) is 6.78. The zero-order valence-corrected chi connectivity index (χ0v) is 13.6. The highest BCUT2D eigenvalue weighted by atomic mass is 31.1. The van der Waals surface area contributed by atoms with Crippen LogP contribution in [0, 0.1) is 29.1 Å². The van der Waals surface area contributed by atoms with Gasteiger partial charge in [0.15, 0.2) is 0 Å². The Labute approximate surface area is 135 Å². The molecule has 0 aliphatic carbocycles. The number of carbonyl (C=O) groups is 1. The Morgan fingerprint density at radius 1 is 1.08 bits per heavy atom. The molecule has 5 nitrogen and oxygen atoms in total. The van der Waals surface area contributed by atoms with Gasteiger partial charge in [0.25, 0.3) is 5.75 Å². The van der Waals surface area contributed by atoms with Crippen molar-refractivity contribution in [2.75, 3.05) is 6.54 Å². The van der Waals surface area contributed by atoms with E-state index in [0.29, 0.717) is 6.42 Å². The van der Waals surface area contributed by atoms with Crippen molar-refractivity contribution < 1.29 is 40.6 Å². The average Bonchev–Trinajstić information content (AvgIpc) is 2.53. The zero-order valence-electron chi connectivity index (χ0n) is 12.7. The van der Waals surface area contributed by atoms with Crippen LogP contribution >= 0.6 is 8.18 Å². The van der Waals surface area contributed by atoms with Crippen molar-refractivity contribution in [2.24, 2.45) is 0 Å². The predicted octanol–water partition coefficient (Wildman–Crippen LogP) is 3.74. The first kappa shape index (κ1) is 20.2. The molecule has 1 N–H and O–H groups in total. The topological polar surface area (TPSA) is 64.6 Å². The summed E-state index contributed by atoms with van der Waals surface area (Å²) in [5.41, 5.74) is 0. The smallest absolute Gasteiger partial charge is 0.462 e. The van der Waals surface area contributed by atoms with Crippen molar-refractivity contribution in [1.82, 2.24) is 5.09 Å². The summed E-state index contributed by atoms with van der Waals surface area (Å²) in [7, 11) is -3.13. The zero-order chi connectivity index (χ0) is 18.4. The van der Waals surface area contributed by atoms with Gasteiger partial charge in [-0.05, 0) is 13.3 Å². The summed E-state index contributed by atoms with van der Waals surface area (Å²) in [6, 6.07) is 0. The van der Waals surface area contributed by atoms with E-state index in [2.05, 4.69) is 4.52 Å². The number of carbonyl (C=O) groups excluding carboxylic acids is 1. The van der Waals surface area contributed by atoms with Gasteiger partial charge < -0.3 is 4.74 Å². The molecule has 2 unspecified atom stereocenters. The first-order valence-corrected chi connectivity index (χ1v) is 7.96. The van der Waals surface area contributed by atoms with E-state index in [0.717, 1.165) is 6.42 Å². The number of hydrogen-bond donors (Lipinski definition) is 1. The molecule has 0 amide bonds. The molecule has 24 heavy (non-hydrogen) atoms. The molecule has 0 aliphatic heterocycles. The van der Waals surface area contributed by atoms with Crippen molar-refractivity contribution in [1.29, 1.82) is 0 Å². The van der Waals surface area contributed by atoms with Crippen LogP contribution in [0.4, 0.5) is 22.0 Å². The molecular weight excluding hydrogens is 360 g/mol. The summed E-state index contributed by atoms with van der Waals surface area (Å²) in [5.74, 6) is -13.9. The summed E-state index contributed by atoms with van der Waals surface area (Å²) < 4.78 is 85.9. The van der Waals surface area contributed by atoms with E-state index in [-0.39, 0.29) is 0 Å². The molecule has 0 aliphatic rings. The molecule has 0 saturated carbocycles. The number of benzene rings is 1. The van der Waals surface area contributed by atoms with Gasteiger partial charge in [-0.25, -0.2) is 17.7 Å². The standard InChI is InChI=1S/C13H14F5NO4P/c1-3-4-6(2)22-7(20)5-19-24(21)23-13-11(17)9(15)8(14)10(16)12(13)18/h6H,3-5H2,1-2H3,(H,19,21)/q+1. The Morgan fingerprint density at radius 3 is 2.08 bits per heavy atom. The lowest BCUT2D eigenvalue weighted by Gasteiger charge is -2.10. The van der Waals surface area contributed by atoms with Crippen molar-refractivity contribution in [3.63, 3.8) is 0 Å². The molecule has 1 aromatic rings. The second-order valence-electron chi connectivity index (χ2n) is 4.67. The van der Waals surface area contributed by atoms with E-state index in [1.165, 1.54) is 0 Å². The largest absolute Gasteiger partial charge is 0.664 e. The number of halogens is 5. The van der Waals surface area contributed by atoms with Crippen LogP contribution in [0.15, 0.2) is 0 Å². The van der Waals surface area contributed by atoms with E-state index < -0.39 is 61.6 Å². The number of hydrogen-bond acceptors (Lipinski definition) is 4. The normalized spacial score (nSPS) is 12.7. The molecule has 1 aromatic carbocycles. The molecule has 1 rings (SSSR count). The number of rotatable bonds is 8. The summed E-state index contributed by atoms with van der Waals surface area (Å²) in [6.45, 7) is 2.86. The molecule has 0 bridgehead atoms. The minimum atomic E-state index is -3.13. The van der Waals surface area contributed by atoms with E-state index in [1.807, 2.05) is 12.0 Å². The van der Waals surface area contributed by atoms with Gasteiger partial charge in [0.2, 0.25) is 29.1 Å². The maximum absolute atomic E-state index is 13.3. The van der Waals surface area contributed by atoms with Crippen LogP contribution in [-0.2, 0) is 14.1 Å². The van der Waals surface area contributed by atoms with Crippen LogP contribution in [-0.4, -0.2) is 18.6 Å².